The topological polar surface area (TPSA) is 88.9 Å². The Kier molecular flexibility index (Phi) is 4.63. The smallest absolute Gasteiger partial charge is 0.280 e. The number of imidazole rings is 1. The molecular weight excluding hydrogens is 378 g/mol. The number of nitrogens with zero attached hydrogens (tertiary/aromatic N) is 2. The maximum atomic E-state index is 12.7. The monoisotopic (exact) mass is 391 g/mol. The first kappa shape index (κ1) is 17.9. The highest BCUT2D eigenvalue weighted by Gasteiger charge is 2.20. The van der Waals surface area contributed by atoms with Crippen LogP contribution in [0.3, 0.4) is 0 Å². The Labute approximate surface area is 165 Å². The molecule has 28 heavy (non-hydrogen) atoms. The van der Waals surface area contributed by atoms with Crippen molar-refractivity contribution in [3.8, 4) is 11.4 Å². The largest absolute Gasteiger partial charge is 0.338 e. The van der Waals surface area contributed by atoms with Gasteiger partial charge in [0.1, 0.15) is 5.82 Å². The van der Waals surface area contributed by atoms with Crippen LogP contribution in [0.5, 0.6) is 0 Å². The van der Waals surface area contributed by atoms with E-state index in [9.17, 15) is 14.9 Å². The number of carbonyl (C=O) groups excluding carboxylic acids is 1. The van der Waals surface area contributed by atoms with Crippen LogP contribution in [0.1, 0.15) is 15.9 Å². The highest BCUT2D eigenvalue weighted by Crippen LogP contribution is 2.29. The van der Waals surface area contributed by atoms with Crippen molar-refractivity contribution in [2.45, 2.75) is 6.42 Å². The number of ketones is 1. The third-order valence-electron chi connectivity index (χ3n) is 4.44. The van der Waals surface area contributed by atoms with Crippen molar-refractivity contribution in [2.24, 2.45) is 0 Å². The Morgan fingerprint density at radius 3 is 2.61 bits per heavy atom. The van der Waals surface area contributed by atoms with Crippen molar-refractivity contribution < 1.29 is 9.72 Å². The molecule has 7 heteroatoms. The second kappa shape index (κ2) is 7.25. The zero-order valence-electron chi connectivity index (χ0n) is 14.6. The number of H-pyrrole nitrogens is 1. The lowest BCUT2D eigenvalue weighted by molar-refractivity contribution is -0.385. The van der Waals surface area contributed by atoms with Gasteiger partial charge in [-0.2, -0.15) is 0 Å². The molecule has 0 amide bonds. The average Bonchev–Trinajstić information content (AvgIpc) is 3.13. The van der Waals surface area contributed by atoms with E-state index in [1.165, 1.54) is 18.2 Å². The molecule has 1 heterocycles. The minimum absolute atomic E-state index is 0.0231. The number of aromatic amines is 1. The van der Waals surface area contributed by atoms with E-state index in [1.807, 2.05) is 24.3 Å². The molecule has 0 radical (unpaired) electrons. The molecule has 0 fully saturated rings. The molecular formula is C21H14ClN3O3. The quantitative estimate of drug-likeness (QED) is 0.287. The summed E-state index contributed by atoms with van der Waals surface area (Å²) >= 11 is 6.34. The fraction of sp³-hybridized carbons (Fsp3) is 0.0476. The molecule has 0 atom stereocenters. The first-order valence-corrected chi connectivity index (χ1v) is 8.91. The SMILES string of the molecule is O=C(Cc1ccc(Cl)c(-c2nc3ccccc3[nH]2)c1)c1ccccc1[N+](=O)[O-]. The van der Waals surface area contributed by atoms with Crippen molar-refractivity contribution in [2.75, 3.05) is 0 Å². The van der Waals surface area contributed by atoms with Crippen LogP contribution in [0.15, 0.2) is 66.7 Å². The Morgan fingerprint density at radius 2 is 1.82 bits per heavy atom. The number of para-hydroxylation sites is 3. The lowest BCUT2D eigenvalue weighted by Crippen LogP contribution is -2.07. The number of carbonyl (C=O) groups is 1. The summed E-state index contributed by atoms with van der Waals surface area (Å²) in [4.78, 5) is 31.0. The first-order chi connectivity index (χ1) is 13.5. The van der Waals surface area contributed by atoms with E-state index in [4.69, 9.17) is 11.6 Å². The molecule has 1 aromatic heterocycles. The van der Waals surface area contributed by atoms with Gasteiger partial charge in [-0.3, -0.25) is 14.9 Å². The number of fused-ring (bicyclic) bond motifs is 1. The number of nitro groups is 1. The second-order valence-electron chi connectivity index (χ2n) is 6.29. The van der Waals surface area contributed by atoms with E-state index >= 15 is 0 Å². The van der Waals surface area contributed by atoms with Crippen LogP contribution in [-0.2, 0) is 6.42 Å². The Morgan fingerprint density at radius 1 is 1.07 bits per heavy atom. The summed E-state index contributed by atoms with van der Waals surface area (Å²) in [6.45, 7) is 0. The lowest BCUT2D eigenvalue weighted by Gasteiger charge is -2.06. The fourth-order valence-electron chi connectivity index (χ4n) is 3.09. The average molecular weight is 392 g/mol. The third-order valence-corrected chi connectivity index (χ3v) is 4.77. The van der Waals surface area contributed by atoms with Crippen molar-refractivity contribution in [1.29, 1.82) is 0 Å². The molecule has 4 rings (SSSR count). The van der Waals surface area contributed by atoms with Crippen molar-refractivity contribution in [3.05, 3.63) is 93.0 Å². The number of halogens is 1. The summed E-state index contributed by atoms with van der Waals surface area (Å²) in [5.41, 5.74) is 2.96. The van der Waals surface area contributed by atoms with Crippen LogP contribution in [-0.4, -0.2) is 20.7 Å². The number of hydrogen-bond acceptors (Lipinski definition) is 4. The molecule has 0 aliphatic heterocycles. The number of hydrogen-bond donors (Lipinski definition) is 1. The molecule has 0 spiro atoms. The molecule has 0 bridgehead atoms. The second-order valence-corrected chi connectivity index (χ2v) is 6.70. The van der Waals surface area contributed by atoms with Gasteiger partial charge in [0, 0.05) is 18.1 Å². The highest BCUT2D eigenvalue weighted by molar-refractivity contribution is 6.33. The molecule has 3 aromatic carbocycles. The van der Waals surface area contributed by atoms with E-state index in [0.717, 1.165) is 11.0 Å². The Bertz CT molecular complexity index is 1180. The predicted molar refractivity (Wildman–Crippen MR) is 108 cm³/mol. The normalized spacial score (nSPS) is 10.9. The maximum absolute atomic E-state index is 12.7. The van der Waals surface area contributed by atoms with Gasteiger partial charge in [-0.15, -0.1) is 0 Å². The number of Topliss-reactive ketones (excluding diaryl/α,β-unsaturated/α-hetero) is 1. The van der Waals surface area contributed by atoms with E-state index in [0.29, 0.717) is 22.0 Å². The standard InChI is InChI=1S/C21H14ClN3O3/c22-16-10-9-13(12-20(26)14-5-1-4-8-19(14)25(27)28)11-15(16)21-23-17-6-2-3-7-18(17)24-21/h1-11H,12H2,(H,23,24). The summed E-state index contributed by atoms with van der Waals surface area (Å²) in [6.07, 6.45) is 0.0231. The van der Waals surface area contributed by atoms with E-state index < -0.39 is 4.92 Å². The number of nitro benzene ring substituents is 1. The van der Waals surface area contributed by atoms with Gasteiger partial charge in [0.2, 0.25) is 0 Å². The summed E-state index contributed by atoms with van der Waals surface area (Å²) in [5, 5.41) is 11.7. The summed E-state index contributed by atoms with van der Waals surface area (Å²) in [6, 6.07) is 18.8. The summed E-state index contributed by atoms with van der Waals surface area (Å²) in [7, 11) is 0. The van der Waals surface area contributed by atoms with E-state index in [-0.39, 0.29) is 23.5 Å². The van der Waals surface area contributed by atoms with Crippen LogP contribution in [0, 0.1) is 10.1 Å². The van der Waals surface area contributed by atoms with Crippen molar-refractivity contribution in [3.63, 3.8) is 0 Å². The minimum Gasteiger partial charge on any atom is -0.338 e. The van der Waals surface area contributed by atoms with Gasteiger partial charge in [0.15, 0.2) is 5.78 Å². The molecule has 6 nitrogen and oxygen atoms in total. The molecule has 0 unspecified atom stereocenters. The van der Waals surface area contributed by atoms with Gasteiger partial charge in [0.05, 0.1) is 26.5 Å². The van der Waals surface area contributed by atoms with Gasteiger partial charge < -0.3 is 4.98 Å². The molecule has 0 aliphatic carbocycles. The Balaban J connectivity index is 1.68. The zero-order valence-corrected chi connectivity index (χ0v) is 15.3. The van der Waals surface area contributed by atoms with Crippen LogP contribution < -0.4 is 0 Å². The molecule has 4 aromatic rings. The van der Waals surface area contributed by atoms with Crippen LogP contribution in [0.2, 0.25) is 5.02 Å². The van der Waals surface area contributed by atoms with Gasteiger partial charge in [-0.05, 0) is 35.9 Å². The van der Waals surface area contributed by atoms with Gasteiger partial charge >= 0.3 is 0 Å². The van der Waals surface area contributed by atoms with Gasteiger partial charge in [-0.1, -0.05) is 41.9 Å². The number of benzene rings is 3. The number of rotatable bonds is 5. The van der Waals surface area contributed by atoms with Crippen LogP contribution >= 0.6 is 11.6 Å². The zero-order chi connectivity index (χ0) is 19.7. The first-order valence-electron chi connectivity index (χ1n) is 8.53. The molecule has 0 saturated carbocycles. The molecule has 0 aliphatic rings. The van der Waals surface area contributed by atoms with Crippen molar-refractivity contribution >= 4 is 34.1 Å². The van der Waals surface area contributed by atoms with Gasteiger partial charge in [-0.25, -0.2) is 4.98 Å². The highest BCUT2D eigenvalue weighted by atomic mass is 35.5. The molecule has 138 valence electrons. The van der Waals surface area contributed by atoms with Crippen LogP contribution in [0.25, 0.3) is 22.4 Å². The van der Waals surface area contributed by atoms with Gasteiger partial charge in [0.25, 0.3) is 5.69 Å². The third kappa shape index (κ3) is 3.37. The van der Waals surface area contributed by atoms with E-state index in [1.54, 1.807) is 24.3 Å². The minimum atomic E-state index is -0.547. The van der Waals surface area contributed by atoms with E-state index in [2.05, 4.69) is 9.97 Å². The maximum Gasteiger partial charge on any atom is 0.280 e. The summed E-state index contributed by atoms with van der Waals surface area (Å²) in [5.74, 6) is 0.274. The van der Waals surface area contributed by atoms with Crippen molar-refractivity contribution in [1.82, 2.24) is 9.97 Å². The Hall–Kier alpha value is -3.51. The fourth-order valence-corrected chi connectivity index (χ4v) is 3.30. The predicted octanol–water partition coefficient (Wildman–Crippen LogP) is 5.22. The number of aromatic nitrogens is 2. The van der Waals surface area contributed by atoms with Crippen LogP contribution in [0.4, 0.5) is 5.69 Å². The lowest BCUT2D eigenvalue weighted by atomic mass is 10.00. The molecule has 0 saturated heterocycles. The number of nitrogens with one attached hydrogen (secondary N) is 1. The summed E-state index contributed by atoms with van der Waals surface area (Å²) < 4.78 is 0. The molecule has 1 N–H and O–H groups in total.